The fourth-order valence-electron chi connectivity index (χ4n) is 2.29. The minimum Gasteiger partial charge on any atom is -0.256 e. The van der Waals surface area contributed by atoms with E-state index >= 15 is 0 Å². The van der Waals surface area contributed by atoms with Crippen LogP contribution in [0.3, 0.4) is 0 Å². The Labute approximate surface area is 117 Å². The van der Waals surface area contributed by atoms with Crippen molar-refractivity contribution < 1.29 is 4.39 Å². The van der Waals surface area contributed by atoms with Crippen molar-refractivity contribution in [1.82, 2.24) is 4.98 Å². The monoisotopic (exact) mass is 263 g/mol. The number of nitrogens with zero attached hydrogens (tertiary/aromatic N) is 1. The van der Waals surface area contributed by atoms with Gasteiger partial charge in [-0.2, -0.15) is 0 Å². The first-order valence-corrected chi connectivity index (χ1v) is 6.57. The maximum absolute atomic E-state index is 14.0. The maximum atomic E-state index is 14.0. The van der Waals surface area contributed by atoms with E-state index in [9.17, 15) is 4.39 Å². The van der Waals surface area contributed by atoms with Gasteiger partial charge in [-0.1, -0.05) is 48.5 Å². The van der Waals surface area contributed by atoms with Gasteiger partial charge in [-0.05, 0) is 35.7 Å². The van der Waals surface area contributed by atoms with Crippen LogP contribution in [0.4, 0.5) is 4.39 Å². The molecule has 0 saturated carbocycles. The summed E-state index contributed by atoms with van der Waals surface area (Å²) < 4.78 is 14.0. The molecule has 0 aliphatic rings. The smallest absolute Gasteiger partial charge is 0.132 e. The molecule has 0 bridgehead atoms. The maximum Gasteiger partial charge on any atom is 0.132 e. The lowest BCUT2D eigenvalue weighted by atomic mass is 9.99. The predicted molar refractivity (Wildman–Crippen MR) is 78.9 cm³/mol. The number of benzene rings is 2. The molecular weight excluding hydrogens is 249 g/mol. The topological polar surface area (TPSA) is 12.9 Å². The van der Waals surface area contributed by atoms with Crippen LogP contribution in [0, 0.1) is 5.82 Å². The molecule has 1 nitrogen and oxygen atoms in total. The lowest BCUT2D eigenvalue weighted by Crippen LogP contribution is -1.96. The summed E-state index contributed by atoms with van der Waals surface area (Å²) in [5, 5.41) is 0. The van der Waals surface area contributed by atoms with Crippen molar-refractivity contribution in [2.24, 2.45) is 0 Å². The van der Waals surface area contributed by atoms with Gasteiger partial charge in [-0.25, -0.2) is 4.39 Å². The minimum atomic E-state index is -0.236. The van der Waals surface area contributed by atoms with Crippen LogP contribution in [0.15, 0.2) is 72.9 Å². The normalized spacial score (nSPS) is 10.4. The van der Waals surface area contributed by atoms with E-state index in [1.807, 2.05) is 36.4 Å². The molecule has 2 aromatic carbocycles. The molecule has 0 aliphatic carbocycles. The lowest BCUT2D eigenvalue weighted by Gasteiger charge is -2.09. The Bertz CT molecular complexity index is 707. The van der Waals surface area contributed by atoms with Crippen molar-refractivity contribution in [2.75, 3.05) is 0 Å². The molecule has 0 radical (unpaired) electrons. The van der Waals surface area contributed by atoms with E-state index in [-0.39, 0.29) is 5.82 Å². The van der Waals surface area contributed by atoms with Gasteiger partial charge >= 0.3 is 0 Å². The van der Waals surface area contributed by atoms with Crippen LogP contribution in [-0.4, -0.2) is 4.98 Å². The van der Waals surface area contributed by atoms with Crippen molar-refractivity contribution in [1.29, 1.82) is 0 Å². The Hall–Kier alpha value is -2.48. The fourth-order valence-corrected chi connectivity index (χ4v) is 2.29. The molecule has 20 heavy (non-hydrogen) atoms. The van der Waals surface area contributed by atoms with Crippen LogP contribution in [0.5, 0.6) is 0 Å². The molecule has 0 spiro atoms. The lowest BCUT2D eigenvalue weighted by molar-refractivity contribution is 0.630. The Kier molecular flexibility index (Phi) is 3.55. The standard InChI is InChI=1S/C18H14FN/c19-17-11-5-4-10-16(17)18-15(9-6-12-20-18)13-14-7-2-1-3-8-14/h1-12H,13H2. The van der Waals surface area contributed by atoms with Gasteiger partial charge in [0, 0.05) is 11.8 Å². The third-order valence-electron chi connectivity index (χ3n) is 3.26. The summed E-state index contributed by atoms with van der Waals surface area (Å²) in [7, 11) is 0. The van der Waals surface area contributed by atoms with E-state index in [0.717, 1.165) is 17.7 Å². The Morgan fingerprint density at radius 1 is 0.800 bits per heavy atom. The van der Waals surface area contributed by atoms with Crippen LogP contribution < -0.4 is 0 Å². The molecule has 1 aromatic heterocycles. The summed E-state index contributed by atoms with van der Waals surface area (Å²) in [5.41, 5.74) is 3.50. The molecule has 0 atom stereocenters. The van der Waals surface area contributed by atoms with Crippen molar-refractivity contribution in [3.63, 3.8) is 0 Å². The Morgan fingerprint density at radius 2 is 1.55 bits per heavy atom. The molecular formula is C18H14FN. The molecule has 0 saturated heterocycles. The fraction of sp³-hybridized carbons (Fsp3) is 0.0556. The largest absolute Gasteiger partial charge is 0.256 e. The van der Waals surface area contributed by atoms with Gasteiger partial charge in [-0.15, -0.1) is 0 Å². The number of pyridine rings is 1. The second kappa shape index (κ2) is 5.66. The first-order chi connectivity index (χ1) is 9.84. The summed E-state index contributed by atoms with van der Waals surface area (Å²) in [6.45, 7) is 0. The van der Waals surface area contributed by atoms with E-state index < -0.39 is 0 Å². The highest BCUT2D eigenvalue weighted by molar-refractivity contribution is 5.64. The van der Waals surface area contributed by atoms with Crippen LogP contribution in [0.1, 0.15) is 11.1 Å². The van der Waals surface area contributed by atoms with Crippen LogP contribution in [-0.2, 0) is 6.42 Å². The quantitative estimate of drug-likeness (QED) is 0.679. The summed E-state index contributed by atoms with van der Waals surface area (Å²) in [6.07, 6.45) is 2.45. The van der Waals surface area contributed by atoms with Gasteiger partial charge in [0.05, 0.1) is 5.69 Å². The highest BCUT2D eigenvalue weighted by atomic mass is 19.1. The van der Waals surface area contributed by atoms with E-state index in [1.54, 1.807) is 18.3 Å². The Balaban J connectivity index is 2.03. The molecule has 0 fully saturated rings. The number of hydrogen-bond acceptors (Lipinski definition) is 1. The highest BCUT2D eigenvalue weighted by Crippen LogP contribution is 2.25. The second-order valence-electron chi connectivity index (χ2n) is 4.65. The van der Waals surface area contributed by atoms with Gasteiger partial charge in [0.2, 0.25) is 0 Å². The van der Waals surface area contributed by atoms with E-state index in [2.05, 4.69) is 17.1 Å². The van der Waals surface area contributed by atoms with Gasteiger partial charge in [0.1, 0.15) is 5.82 Å². The molecule has 98 valence electrons. The molecule has 0 N–H and O–H groups in total. The zero-order chi connectivity index (χ0) is 13.8. The second-order valence-corrected chi connectivity index (χ2v) is 4.65. The zero-order valence-electron chi connectivity index (χ0n) is 11.0. The van der Waals surface area contributed by atoms with Crippen molar-refractivity contribution in [3.05, 3.63) is 89.9 Å². The number of rotatable bonds is 3. The summed E-state index contributed by atoms with van der Waals surface area (Å²) in [5.74, 6) is -0.236. The molecule has 0 aliphatic heterocycles. The van der Waals surface area contributed by atoms with Gasteiger partial charge in [0.15, 0.2) is 0 Å². The molecule has 1 heterocycles. The van der Waals surface area contributed by atoms with E-state index in [1.165, 1.54) is 11.6 Å². The summed E-state index contributed by atoms with van der Waals surface area (Å²) in [4.78, 5) is 4.37. The average molecular weight is 263 g/mol. The van der Waals surface area contributed by atoms with Gasteiger partial charge < -0.3 is 0 Å². The highest BCUT2D eigenvalue weighted by Gasteiger charge is 2.10. The SMILES string of the molecule is Fc1ccccc1-c1ncccc1Cc1ccccc1. The van der Waals surface area contributed by atoms with Crippen molar-refractivity contribution in [2.45, 2.75) is 6.42 Å². The first-order valence-electron chi connectivity index (χ1n) is 6.57. The third-order valence-corrected chi connectivity index (χ3v) is 3.26. The van der Waals surface area contributed by atoms with Crippen molar-refractivity contribution >= 4 is 0 Å². The molecule has 3 aromatic rings. The number of hydrogen-bond donors (Lipinski definition) is 0. The van der Waals surface area contributed by atoms with Crippen molar-refractivity contribution in [3.8, 4) is 11.3 Å². The predicted octanol–water partition coefficient (Wildman–Crippen LogP) is 4.48. The van der Waals surface area contributed by atoms with E-state index in [0.29, 0.717) is 5.56 Å². The first kappa shape index (κ1) is 12.5. The molecule has 3 rings (SSSR count). The summed E-state index contributed by atoms with van der Waals surface area (Å²) in [6, 6.07) is 20.8. The van der Waals surface area contributed by atoms with Crippen LogP contribution >= 0.6 is 0 Å². The Morgan fingerprint density at radius 3 is 2.35 bits per heavy atom. The molecule has 2 heteroatoms. The van der Waals surface area contributed by atoms with Gasteiger partial charge in [-0.3, -0.25) is 4.98 Å². The van der Waals surface area contributed by atoms with Crippen LogP contribution in [0.2, 0.25) is 0 Å². The third kappa shape index (κ3) is 2.59. The summed E-state index contributed by atoms with van der Waals surface area (Å²) >= 11 is 0. The number of halogens is 1. The molecule has 0 amide bonds. The van der Waals surface area contributed by atoms with E-state index in [4.69, 9.17) is 0 Å². The van der Waals surface area contributed by atoms with Crippen LogP contribution in [0.25, 0.3) is 11.3 Å². The molecule has 0 unspecified atom stereocenters. The zero-order valence-corrected chi connectivity index (χ0v) is 11.0. The number of aromatic nitrogens is 1. The minimum absolute atomic E-state index is 0.236. The average Bonchev–Trinajstić information content (AvgIpc) is 2.50. The van der Waals surface area contributed by atoms with Gasteiger partial charge in [0.25, 0.3) is 0 Å².